The summed E-state index contributed by atoms with van der Waals surface area (Å²) in [5.74, 6) is -1.12. The van der Waals surface area contributed by atoms with Crippen molar-refractivity contribution in [2.24, 2.45) is 4.40 Å². The van der Waals surface area contributed by atoms with Crippen LogP contribution >= 0.6 is 0 Å². The fourth-order valence-electron chi connectivity index (χ4n) is 1.77. The number of carbonyl (C=O) groups is 1. The molecule has 0 radical (unpaired) electrons. The van der Waals surface area contributed by atoms with Gasteiger partial charge in [-0.2, -0.15) is 8.42 Å². The molecule has 1 aliphatic heterocycles. The minimum absolute atomic E-state index is 0.0816. The van der Waals surface area contributed by atoms with E-state index in [9.17, 15) is 13.2 Å². The first kappa shape index (κ1) is 12.4. The van der Waals surface area contributed by atoms with Crippen LogP contribution in [0.2, 0.25) is 0 Å². The van der Waals surface area contributed by atoms with Gasteiger partial charge in [-0.1, -0.05) is 0 Å². The number of aromatic carboxylic acids is 1. The minimum Gasteiger partial charge on any atom is -0.478 e. The molecule has 0 atom stereocenters. The summed E-state index contributed by atoms with van der Waals surface area (Å²) < 4.78 is 29.2. The molecular formula is C11H8N4O4S. The topological polar surface area (TPSA) is 114 Å². The predicted molar refractivity (Wildman–Crippen MR) is 69.3 cm³/mol. The van der Waals surface area contributed by atoms with Gasteiger partial charge in [-0.25, -0.2) is 9.78 Å². The van der Waals surface area contributed by atoms with Crippen LogP contribution in [0.4, 0.5) is 5.69 Å². The van der Waals surface area contributed by atoms with Crippen molar-refractivity contribution >= 4 is 27.6 Å². The maximum Gasteiger partial charge on any atom is 0.335 e. The van der Waals surface area contributed by atoms with Crippen molar-refractivity contribution in [3.63, 3.8) is 0 Å². The monoisotopic (exact) mass is 292 g/mol. The first-order chi connectivity index (χ1) is 9.47. The number of hydrogen-bond acceptors (Lipinski definition) is 5. The van der Waals surface area contributed by atoms with Crippen molar-refractivity contribution in [3.8, 4) is 0 Å². The van der Waals surface area contributed by atoms with Crippen LogP contribution < -0.4 is 5.32 Å². The molecule has 0 saturated carbocycles. The second-order valence-corrected chi connectivity index (χ2v) is 5.57. The number of carboxylic acids is 1. The van der Waals surface area contributed by atoms with Gasteiger partial charge < -0.3 is 10.4 Å². The van der Waals surface area contributed by atoms with Crippen molar-refractivity contribution in [2.45, 2.75) is 4.90 Å². The number of carboxylic acid groups (broad SMARTS) is 1. The minimum atomic E-state index is -3.96. The maximum absolute atomic E-state index is 12.1. The third-order valence-electron chi connectivity index (χ3n) is 2.71. The first-order valence-electron chi connectivity index (χ1n) is 5.45. The van der Waals surface area contributed by atoms with Gasteiger partial charge in [-0.05, 0) is 18.2 Å². The van der Waals surface area contributed by atoms with Gasteiger partial charge >= 0.3 is 5.97 Å². The van der Waals surface area contributed by atoms with Gasteiger partial charge in [-0.3, -0.25) is 4.57 Å². The number of aromatic nitrogens is 2. The van der Waals surface area contributed by atoms with E-state index >= 15 is 0 Å². The molecule has 8 nitrogen and oxygen atoms in total. The Labute approximate surface area is 113 Å². The second kappa shape index (κ2) is 4.17. The molecule has 0 unspecified atom stereocenters. The van der Waals surface area contributed by atoms with Gasteiger partial charge in [0.2, 0.25) is 5.96 Å². The molecule has 2 aromatic rings. The molecule has 2 heterocycles. The molecular weight excluding hydrogens is 284 g/mol. The normalized spacial score (nSPS) is 15.9. The second-order valence-electron chi connectivity index (χ2n) is 4.00. The molecule has 102 valence electrons. The Hall–Kier alpha value is -2.68. The standard InChI is InChI=1S/C11H8N4O4S/c16-10(17)7-1-2-8-9(5-7)20(18,19)14-11(13-8)15-4-3-12-6-15/h1-6H,(H,13,14)(H,16,17). The molecule has 20 heavy (non-hydrogen) atoms. The Morgan fingerprint density at radius 2 is 2.15 bits per heavy atom. The summed E-state index contributed by atoms with van der Waals surface area (Å²) in [4.78, 5) is 14.5. The highest BCUT2D eigenvalue weighted by Crippen LogP contribution is 2.28. The third-order valence-corrected chi connectivity index (χ3v) is 4.02. The number of fused-ring (bicyclic) bond motifs is 1. The van der Waals surface area contributed by atoms with E-state index in [2.05, 4.69) is 14.7 Å². The lowest BCUT2D eigenvalue weighted by molar-refractivity contribution is 0.0696. The van der Waals surface area contributed by atoms with Crippen molar-refractivity contribution in [1.82, 2.24) is 9.55 Å². The predicted octanol–water partition coefficient (Wildman–Crippen LogP) is 0.600. The van der Waals surface area contributed by atoms with Gasteiger partial charge in [0.05, 0.1) is 11.3 Å². The number of hydrogen-bond donors (Lipinski definition) is 2. The zero-order valence-electron chi connectivity index (χ0n) is 9.89. The Morgan fingerprint density at radius 3 is 2.80 bits per heavy atom. The van der Waals surface area contributed by atoms with Crippen molar-refractivity contribution in [1.29, 1.82) is 0 Å². The van der Waals surface area contributed by atoms with Crippen molar-refractivity contribution in [3.05, 3.63) is 42.5 Å². The van der Waals surface area contributed by atoms with Gasteiger partial charge in [-0.15, -0.1) is 4.40 Å². The molecule has 0 saturated heterocycles. The first-order valence-corrected chi connectivity index (χ1v) is 6.89. The molecule has 1 aromatic carbocycles. The fraction of sp³-hybridized carbons (Fsp3) is 0. The van der Waals surface area contributed by atoms with Gasteiger partial charge in [0.15, 0.2) is 0 Å². The van der Waals surface area contributed by atoms with E-state index in [-0.39, 0.29) is 22.1 Å². The van der Waals surface area contributed by atoms with E-state index in [1.165, 1.54) is 35.4 Å². The Morgan fingerprint density at radius 1 is 1.35 bits per heavy atom. The van der Waals surface area contributed by atoms with Crippen LogP contribution in [-0.2, 0) is 10.0 Å². The smallest absolute Gasteiger partial charge is 0.335 e. The van der Waals surface area contributed by atoms with Crippen molar-refractivity contribution < 1.29 is 18.3 Å². The number of imidazole rings is 1. The Kier molecular flexibility index (Phi) is 2.57. The van der Waals surface area contributed by atoms with E-state index in [4.69, 9.17) is 5.11 Å². The van der Waals surface area contributed by atoms with Gasteiger partial charge in [0.1, 0.15) is 11.2 Å². The summed E-state index contributed by atoms with van der Waals surface area (Å²) in [6.07, 6.45) is 4.43. The lowest BCUT2D eigenvalue weighted by Crippen LogP contribution is -2.27. The third kappa shape index (κ3) is 1.93. The van der Waals surface area contributed by atoms with E-state index in [0.717, 1.165) is 6.07 Å². The van der Waals surface area contributed by atoms with E-state index in [1.807, 2.05) is 0 Å². The number of sulfonamides is 1. The largest absolute Gasteiger partial charge is 0.478 e. The van der Waals surface area contributed by atoms with E-state index < -0.39 is 16.0 Å². The lowest BCUT2D eigenvalue weighted by Gasteiger charge is -2.18. The summed E-state index contributed by atoms with van der Waals surface area (Å²) in [6, 6.07) is 3.79. The van der Waals surface area contributed by atoms with Crippen LogP contribution in [0.1, 0.15) is 10.4 Å². The van der Waals surface area contributed by atoms with Crippen LogP contribution in [0.3, 0.4) is 0 Å². The van der Waals surface area contributed by atoms with E-state index in [1.54, 1.807) is 0 Å². The summed E-state index contributed by atoms with van der Waals surface area (Å²) in [7, 11) is -3.96. The van der Waals surface area contributed by atoms with Crippen LogP contribution in [0, 0.1) is 0 Å². The zero-order chi connectivity index (χ0) is 14.3. The number of benzene rings is 1. The molecule has 1 aliphatic rings. The summed E-state index contributed by atoms with van der Waals surface area (Å²) >= 11 is 0. The van der Waals surface area contributed by atoms with Crippen LogP contribution in [0.5, 0.6) is 0 Å². The highest BCUT2D eigenvalue weighted by molar-refractivity contribution is 7.90. The number of nitrogens with one attached hydrogen (secondary N) is 1. The summed E-state index contributed by atoms with van der Waals surface area (Å²) in [6.45, 7) is 0. The quantitative estimate of drug-likeness (QED) is 0.795. The number of rotatable bonds is 1. The number of nitrogens with zero attached hydrogens (tertiary/aromatic N) is 3. The Bertz CT molecular complexity index is 824. The highest BCUT2D eigenvalue weighted by atomic mass is 32.2. The van der Waals surface area contributed by atoms with Gasteiger partial charge in [0, 0.05) is 12.4 Å². The molecule has 2 N–H and O–H groups in total. The molecule has 0 aliphatic carbocycles. The average molecular weight is 292 g/mol. The number of anilines is 1. The molecule has 3 rings (SSSR count). The molecule has 0 amide bonds. The van der Waals surface area contributed by atoms with E-state index in [0.29, 0.717) is 0 Å². The Balaban J connectivity index is 2.15. The van der Waals surface area contributed by atoms with Crippen LogP contribution in [0.25, 0.3) is 0 Å². The molecule has 0 bridgehead atoms. The maximum atomic E-state index is 12.1. The SMILES string of the molecule is O=C(O)c1ccc2c(c1)S(=O)(=O)N=C(n1ccnc1)N2. The molecule has 0 spiro atoms. The summed E-state index contributed by atoms with van der Waals surface area (Å²) in [5, 5.41) is 11.7. The molecule has 9 heteroatoms. The van der Waals surface area contributed by atoms with Crippen LogP contribution in [-0.4, -0.2) is 35.0 Å². The summed E-state index contributed by atoms with van der Waals surface area (Å²) in [5.41, 5.74) is 0.157. The molecule has 0 fully saturated rings. The van der Waals surface area contributed by atoms with Crippen LogP contribution in [0.15, 0.2) is 46.2 Å². The molecule has 1 aromatic heterocycles. The average Bonchev–Trinajstić information content (AvgIpc) is 2.91. The highest BCUT2D eigenvalue weighted by Gasteiger charge is 2.26. The fourth-order valence-corrected chi connectivity index (χ4v) is 2.91. The lowest BCUT2D eigenvalue weighted by atomic mass is 10.2. The zero-order valence-corrected chi connectivity index (χ0v) is 10.7. The van der Waals surface area contributed by atoms with Crippen molar-refractivity contribution in [2.75, 3.05) is 5.32 Å². The van der Waals surface area contributed by atoms with Gasteiger partial charge in [0.25, 0.3) is 10.0 Å².